The minimum atomic E-state index is -1.00. The number of halogens is 1. The first-order chi connectivity index (χ1) is 13.3. The molecule has 28 heavy (non-hydrogen) atoms. The molecule has 0 saturated carbocycles. The van der Waals surface area contributed by atoms with E-state index in [0.717, 1.165) is 16.9 Å². The zero-order valence-electron chi connectivity index (χ0n) is 15.5. The number of thiophene rings is 1. The van der Waals surface area contributed by atoms with Crippen LogP contribution in [-0.4, -0.2) is 27.5 Å². The third-order valence-corrected chi connectivity index (χ3v) is 5.81. The molecule has 7 nitrogen and oxygen atoms in total. The van der Waals surface area contributed by atoms with Gasteiger partial charge in [0, 0.05) is 18.6 Å². The van der Waals surface area contributed by atoms with Gasteiger partial charge < -0.3 is 14.6 Å². The summed E-state index contributed by atoms with van der Waals surface area (Å²) in [6.07, 6.45) is 0.399. The smallest absolute Gasteiger partial charge is 0.349 e. The predicted molar refractivity (Wildman–Crippen MR) is 108 cm³/mol. The lowest BCUT2D eigenvalue weighted by atomic mass is 10.2. The zero-order chi connectivity index (χ0) is 20.4. The third kappa shape index (κ3) is 3.93. The second kappa shape index (κ2) is 8.12. The van der Waals surface area contributed by atoms with E-state index in [1.165, 1.54) is 17.8 Å². The maximum Gasteiger partial charge on any atom is 0.349 e. The Hall–Kier alpha value is -2.71. The summed E-state index contributed by atoms with van der Waals surface area (Å²) < 4.78 is 6.64. The molecule has 3 rings (SSSR count). The Morgan fingerprint density at radius 1 is 1.36 bits per heavy atom. The number of aromatic nitrogens is 2. The number of esters is 1. The number of aryl methyl sites for hydroxylation is 2. The highest BCUT2D eigenvalue weighted by Gasteiger charge is 2.24. The molecule has 1 aromatic carbocycles. The maximum atomic E-state index is 12.5. The number of rotatable bonds is 5. The van der Waals surface area contributed by atoms with E-state index in [9.17, 15) is 14.4 Å². The van der Waals surface area contributed by atoms with Crippen molar-refractivity contribution in [3.8, 4) is 0 Å². The van der Waals surface area contributed by atoms with Crippen LogP contribution in [0.3, 0.4) is 0 Å². The zero-order valence-corrected chi connectivity index (χ0v) is 17.1. The van der Waals surface area contributed by atoms with Crippen molar-refractivity contribution in [1.29, 1.82) is 0 Å². The van der Waals surface area contributed by atoms with Gasteiger partial charge in [0.05, 0.1) is 11.7 Å². The van der Waals surface area contributed by atoms with E-state index in [-0.39, 0.29) is 17.0 Å². The van der Waals surface area contributed by atoms with E-state index in [1.807, 2.05) is 6.07 Å². The van der Waals surface area contributed by atoms with Crippen molar-refractivity contribution >= 4 is 45.0 Å². The molecule has 2 heterocycles. The number of benzene rings is 1. The van der Waals surface area contributed by atoms with Crippen molar-refractivity contribution in [3.63, 3.8) is 0 Å². The standard InChI is InChI=1S/C19H18ClN3O4S/c1-10-14-17(22-9-23(3)18(14)25)28-15(10)19(26)27-11(2)16(24)21-8-12-6-4-5-7-13(12)20/h4-7,9,11H,8H2,1-3H3,(H,21,24). The molecule has 0 aliphatic rings. The largest absolute Gasteiger partial charge is 0.448 e. The second-order valence-electron chi connectivity index (χ2n) is 6.25. The third-order valence-electron chi connectivity index (χ3n) is 4.26. The van der Waals surface area contributed by atoms with Crippen molar-refractivity contribution in [3.05, 3.63) is 62.0 Å². The summed E-state index contributed by atoms with van der Waals surface area (Å²) >= 11 is 7.14. The average Bonchev–Trinajstić information content (AvgIpc) is 3.01. The van der Waals surface area contributed by atoms with Crippen molar-refractivity contribution in [1.82, 2.24) is 14.9 Å². The van der Waals surface area contributed by atoms with Crippen LogP contribution < -0.4 is 10.9 Å². The van der Waals surface area contributed by atoms with Gasteiger partial charge in [-0.15, -0.1) is 11.3 Å². The fourth-order valence-electron chi connectivity index (χ4n) is 2.64. The van der Waals surface area contributed by atoms with Crippen LogP contribution in [0, 0.1) is 6.92 Å². The van der Waals surface area contributed by atoms with E-state index < -0.39 is 18.0 Å². The highest BCUT2D eigenvalue weighted by atomic mass is 35.5. The number of fused-ring (bicyclic) bond motifs is 1. The first-order valence-electron chi connectivity index (χ1n) is 8.46. The van der Waals surface area contributed by atoms with Crippen LogP contribution in [0.1, 0.15) is 27.7 Å². The number of nitrogens with zero attached hydrogens (tertiary/aromatic N) is 2. The predicted octanol–water partition coefficient (Wildman–Crippen LogP) is 2.82. The summed E-state index contributed by atoms with van der Waals surface area (Å²) in [6, 6.07) is 7.15. The molecule has 0 fully saturated rings. The summed E-state index contributed by atoms with van der Waals surface area (Å²) in [5.74, 6) is -1.11. The highest BCUT2D eigenvalue weighted by molar-refractivity contribution is 7.20. The Kier molecular flexibility index (Phi) is 5.81. The Morgan fingerprint density at radius 3 is 2.79 bits per heavy atom. The Labute approximate surface area is 169 Å². The number of hydrogen-bond donors (Lipinski definition) is 1. The monoisotopic (exact) mass is 419 g/mol. The summed E-state index contributed by atoms with van der Waals surface area (Å²) in [6.45, 7) is 3.38. The molecule has 0 spiro atoms. The number of carbonyl (C=O) groups is 2. The topological polar surface area (TPSA) is 90.3 Å². The van der Waals surface area contributed by atoms with Gasteiger partial charge in [-0.2, -0.15) is 0 Å². The molecule has 2 aromatic heterocycles. The van der Waals surface area contributed by atoms with Crippen LogP contribution in [0.15, 0.2) is 35.4 Å². The minimum Gasteiger partial charge on any atom is -0.448 e. The Balaban J connectivity index is 1.70. The fourth-order valence-corrected chi connectivity index (χ4v) is 3.86. The fraction of sp³-hybridized carbons (Fsp3) is 0.263. The number of amides is 1. The van der Waals surface area contributed by atoms with Gasteiger partial charge in [-0.05, 0) is 31.0 Å². The highest BCUT2D eigenvalue weighted by Crippen LogP contribution is 2.27. The molecule has 0 aliphatic carbocycles. The van der Waals surface area contributed by atoms with Crippen LogP contribution >= 0.6 is 22.9 Å². The summed E-state index contributed by atoms with van der Waals surface area (Å²) in [7, 11) is 1.59. The average molecular weight is 420 g/mol. The molecule has 0 radical (unpaired) electrons. The lowest BCUT2D eigenvalue weighted by Crippen LogP contribution is -2.35. The molecule has 1 unspecified atom stereocenters. The van der Waals surface area contributed by atoms with Crippen molar-refractivity contribution in [2.75, 3.05) is 0 Å². The second-order valence-corrected chi connectivity index (χ2v) is 7.66. The molecular formula is C19H18ClN3O4S. The summed E-state index contributed by atoms with van der Waals surface area (Å²) in [4.78, 5) is 41.9. The van der Waals surface area contributed by atoms with Gasteiger partial charge in [-0.1, -0.05) is 29.8 Å². The lowest BCUT2D eigenvalue weighted by molar-refractivity contribution is -0.129. The van der Waals surface area contributed by atoms with Crippen molar-refractivity contribution in [2.24, 2.45) is 7.05 Å². The molecular weight excluding hydrogens is 402 g/mol. The van der Waals surface area contributed by atoms with Gasteiger partial charge in [0.15, 0.2) is 6.10 Å². The summed E-state index contributed by atoms with van der Waals surface area (Å²) in [5, 5.41) is 3.62. The Morgan fingerprint density at radius 2 is 2.07 bits per heavy atom. The quantitative estimate of drug-likeness (QED) is 0.642. The first kappa shape index (κ1) is 20.0. The number of hydrogen-bond acceptors (Lipinski definition) is 6. The van der Waals surface area contributed by atoms with E-state index in [4.69, 9.17) is 16.3 Å². The minimum absolute atomic E-state index is 0.224. The van der Waals surface area contributed by atoms with Gasteiger partial charge in [-0.3, -0.25) is 9.59 Å². The number of carbonyl (C=O) groups excluding carboxylic acids is 2. The first-order valence-corrected chi connectivity index (χ1v) is 9.66. The van der Waals surface area contributed by atoms with Gasteiger partial charge in [0.2, 0.25) is 0 Å². The van der Waals surface area contributed by atoms with Crippen LogP contribution in [0.4, 0.5) is 0 Å². The maximum absolute atomic E-state index is 12.5. The molecule has 1 atom stereocenters. The molecule has 1 N–H and O–H groups in total. The normalized spacial score (nSPS) is 12.0. The molecule has 1 amide bonds. The molecule has 146 valence electrons. The molecule has 0 bridgehead atoms. The van der Waals surface area contributed by atoms with Crippen molar-refractivity contribution in [2.45, 2.75) is 26.5 Å². The van der Waals surface area contributed by atoms with E-state index in [1.54, 1.807) is 32.2 Å². The summed E-state index contributed by atoms with van der Waals surface area (Å²) in [5.41, 5.74) is 1.03. The van der Waals surface area contributed by atoms with Gasteiger partial charge in [-0.25, -0.2) is 9.78 Å². The van der Waals surface area contributed by atoms with E-state index >= 15 is 0 Å². The number of nitrogens with one attached hydrogen (secondary N) is 1. The lowest BCUT2D eigenvalue weighted by Gasteiger charge is -2.13. The van der Waals surface area contributed by atoms with Gasteiger partial charge >= 0.3 is 5.97 Å². The van der Waals surface area contributed by atoms with E-state index in [0.29, 0.717) is 20.8 Å². The molecule has 3 aromatic rings. The van der Waals surface area contributed by atoms with Crippen LogP contribution in [-0.2, 0) is 23.1 Å². The number of ether oxygens (including phenoxy) is 1. The van der Waals surface area contributed by atoms with Gasteiger partial charge in [0.1, 0.15) is 9.71 Å². The van der Waals surface area contributed by atoms with Gasteiger partial charge in [0.25, 0.3) is 11.5 Å². The molecule has 0 saturated heterocycles. The Bertz CT molecular complexity index is 1120. The molecule has 0 aliphatic heterocycles. The van der Waals surface area contributed by atoms with Crippen LogP contribution in [0.25, 0.3) is 10.2 Å². The van der Waals surface area contributed by atoms with E-state index in [2.05, 4.69) is 10.3 Å². The van der Waals surface area contributed by atoms with Crippen LogP contribution in [0.2, 0.25) is 5.02 Å². The SMILES string of the molecule is Cc1c(C(=O)OC(C)C(=O)NCc2ccccc2Cl)sc2ncn(C)c(=O)c12. The molecule has 9 heteroatoms. The van der Waals surface area contributed by atoms with Crippen molar-refractivity contribution < 1.29 is 14.3 Å². The van der Waals surface area contributed by atoms with Crippen LogP contribution in [0.5, 0.6) is 0 Å².